The smallest absolute Gasteiger partial charge is 0.321 e. The quantitative estimate of drug-likeness (QED) is 0.748. The Morgan fingerprint density at radius 3 is 2.61 bits per heavy atom. The first-order valence-electron chi connectivity index (χ1n) is 9.42. The van der Waals surface area contributed by atoms with Crippen LogP contribution in [0.2, 0.25) is 0 Å². The summed E-state index contributed by atoms with van der Waals surface area (Å²) in [6.07, 6.45) is 7.23. The van der Waals surface area contributed by atoms with Crippen LogP contribution in [0.4, 0.5) is 14.9 Å². The summed E-state index contributed by atoms with van der Waals surface area (Å²) in [5, 5.41) is 2.66. The molecule has 1 aromatic carbocycles. The van der Waals surface area contributed by atoms with E-state index in [1.807, 2.05) is 30.6 Å². The number of likely N-dealkylation sites (tertiary alicyclic amines) is 1. The molecule has 0 aliphatic carbocycles. The van der Waals surface area contributed by atoms with Crippen molar-refractivity contribution in [2.24, 2.45) is 0 Å². The van der Waals surface area contributed by atoms with Crippen LogP contribution in [0.1, 0.15) is 30.3 Å². The molecule has 2 amide bonds. The van der Waals surface area contributed by atoms with Crippen LogP contribution >= 0.6 is 0 Å². The molecule has 0 unspecified atom stereocenters. The molecule has 2 aromatic heterocycles. The summed E-state index contributed by atoms with van der Waals surface area (Å²) in [5.41, 5.74) is 1.20. The number of piperidine rings is 1. The molecule has 3 heterocycles. The molecule has 0 spiro atoms. The van der Waals surface area contributed by atoms with Crippen molar-refractivity contribution >= 4 is 11.7 Å². The van der Waals surface area contributed by atoms with E-state index in [1.54, 1.807) is 29.3 Å². The Morgan fingerprint density at radius 2 is 1.86 bits per heavy atom. The second kappa shape index (κ2) is 8.21. The predicted octanol–water partition coefficient (Wildman–Crippen LogP) is 3.88. The first-order chi connectivity index (χ1) is 13.7. The molecule has 3 aromatic rings. The summed E-state index contributed by atoms with van der Waals surface area (Å²) >= 11 is 0. The number of para-hydroxylation sites is 1. The molecule has 0 saturated carbocycles. The fourth-order valence-corrected chi connectivity index (χ4v) is 3.58. The number of carbonyl (C=O) groups is 1. The molecule has 1 aliphatic heterocycles. The van der Waals surface area contributed by atoms with Gasteiger partial charge in [0.05, 0.1) is 17.9 Å². The zero-order valence-corrected chi connectivity index (χ0v) is 15.5. The first kappa shape index (κ1) is 18.2. The Balaban J connectivity index is 1.36. The number of hydrogen-bond acceptors (Lipinski definition) is 3. The number of hydrogen-bond donors (Lipinski definition) is 1. The highest BCUT2D eigenvalue weighted by Crippen LogP contribution is 2.27. The van der Waals surface area contributed by atoms with Crippen molar-refractivity contribution in [2.75, 3.05) is 18.4 Å². The van der Waals surface area contributed by atoms with Gasteiger partial charge in [0.1, 0.15) is 11.6 Å². The van der Waals surface area contributed by atoms with Gasteiger partial charge < -0.3 is 14.8 Å². The van der Waals surface area contributed by atoms with Crippen molar-refractivity contribution < 1.29 is 9.18 Å². The number of halogens is 1. The summed E-state index contributed by atoms with van der Waals surface area (Å²) in [6.45, 7) is 1.91. The van der Waals surface area contributed by atoms with E-state index < -0.39 is 5.82 Å². The predicted molar refractivity (Wildman–Crippen MR) is 105 cm³/mol. The molecule has 1 N–H and O–H groups in total. The maximum atomic E-state index is 13.7. The third-order valence-corrected chi connectivity index (χ3v) is 5.07. The lowest BCUT2D eigenvalue weighted by Crippen LogP contribution is -2.41. The second-order valence-corrected chi connectivity index (χ2v) is 6.91. The zero-order valence-electron chi connectivity index (χ0n) is 15.5. The minimum atomic E-state index is -0.428. The maximum absolute atomic E-state index is 13.7. The van der Waals surface area contributed by atoms with Gasteiger partial charge in [0.15, 0.2) is 0 Å². The third kappa shape index (κ3) is 4.03. The van der Waals surface area contributed by atoms with Gasteiger partial charge in [-0.2, -0.15) is 0 Å². The number of urea groups is 1. The SMILES string of the molecule is O=C(Nc1ccccc1F)N1CCC(c2nccn2Cc2ccccn2)CC1. The Bertz CT molecular complexity index is 935. The summed E-state index contributed by atoms with van der Waals surface area (Å²) in [4.78, 5) is 23.1. The van der Waals surface area contributed by atoms with Crippen LogP contribution < -0.4 is 5.32 Å². The summed E-state index contributed by atoms with van der Waals surface area (Å²) < 4.78 is 15.9. The molecule has 144 valence electrons. The van der Waals surface area contributed by atoms with E-state index in [1.165, 1.54) is 6.07 Å². The molecule has 0 bridgehead atoms. The Hall–Kier alpha value is -3.22. The molecule has 1 aliphatic rings. The molecule has 6 nitrogen and oxygen atoms in total. The number of carbonyl (C=O) groups excluding carboxylic acids is 1. The van der Waals surface area contributed by atoms with E-state index in [0.29, 0.717) is 19.6 Å². The van der Waals surface area contributed by atoms with Crippen molar-refractivity contribution in [3.05, 3.63) is 78.4 Å². The van der Waals surface area contributed by atoms with E-state index in [0.717, 1.165) is 24.4 Å². The van der Waals surface area contributed by atoms with Crippen LogP contribution in [0.25, 0.3) is 0 Å². The van der Waals surface area contributed by atoms with E-state index in [4.69, 9.17) is 0 Å². The molecule has 1 saturated heterocycles. The van der Waals surface area contributed by atoms with Crippen LogP contribution in [-0.4, -0.2) is 38.6 Å². The molecular weight excluding hydrogens is 357 g/mol. The summed E-state index contributed by atoms with van der Waals surface area (Å²) in [7, 11) is 0. The monoisotopic (exact) mass is 379 g/mol. The fraction of sp³-hybridized carbons (Fsp3) is 0.286. The van der Waals surface area contributed by atoms with Gasteiger partial charge in [0.25, 0.3) is 0 Å². The van der Waals surface area contributed by atoms with Gasteiger partial charge in [-0.05, 0) is 37.1 Å². The van der Waals surface area contributed by atoms with Crippen molar-refractivity contribution in [1.29, 1.82) is 0 Å². The Labute approximate surface area is 163 Å². The molecule has 7 heteroatoms. The second-order valence-electron chi connectivity index (χ2n) is 6.91. The number of pyridine rings is 1. The molecule has 4 rings (SSSR count). The molecule has 1 fully saturated rings. The summed E-state index contributed by atoms with van der Waals surface area (Å²) in [6, 6.07) is 11.8. The Morgan fingerprint density at radius 1 is 1.07 bits per heavy atom. The van der Waals surface area contributed by atoms with Crippen LogP contribution in [0.15, 0.2) is 61.1 Å². The van der Waals surface area contributed by atoms with Gasteiger partial charge >= 0.3 is 6.03 Å². The van der Waals surface area contributed by atoms with Gasteiger partial charge in [-0.1, -0.05) is 18.2 Å². The first-order valence-corrected chi connectivity index (χ1v) is 9.42. The van der Waals surface area contributed by atoms with Gasteiger partial charge in [-0.15, -0.1) is 0 Å². The third-order valence-electron chi connectivity index (χ3n) is 5.07. The van der Waals surface area contributed by atoms with Crippen LogP contribution in [0.5, 0.6) is 0 Å². The van der Waals surface area contributed by atoms with Gasteiger partial charge in [0, 0.05) is 37.6 Å². The zero-order chi connectivity index (χ0) is 19.3. The van der Waals surface area contributed by atoms with Crippen LogP contribution in [0.3, 0.4) is 0 Å². The standard InChI is InChI=1S/C21H22FN5O/c22-18-6-1-2-7-19(18)25-21(28)26-12-8-16(9-13-26)20-24-11-14-27(20)15-17-5-3-4-10-23-17/h1-7,10-11,14,16H,8-9,12-13,15H2,(H,25,28). The number of nitrogens with one attached hydrogen (secondary N) is 1. The lowest BCUT2D eigenvalue weighted by molar-refractivity contribution is 0.193. The molecule has 0 radical (unpaired) electrons. The minimum absolute atomic E-state index is 0.209. The number of aromatic nitrogens is 3. The van der Waals surface area contributed by atoms with Crippen molar-refractivity contribution in [2.45, 2.75) is 25.3 Å². The maximum Gasteiger partial charge on any atom is 0.321 e. The number of anilines is 1. The molecule has 28 heavy (non-hydrogen) atoms. The van der Waals surface area contributed by atoms with Crippen molar-refractivity contribution in [3.63, 3.8) is 0 Å². The number of nitrogens with zero attached hydrogens (tertiary/aromatic N) is 4. The van der Waals surface area contributed by atoms with Crippen molar-refractivity contribution in [3.8, 4) is 0 Å². The highest BCUT2D eigenvalue weighted by atomic mass is 19.1. The van der Waals surface area contributed by atoms with Gasteiger partial charge in [-0.25, -0.2) is 14.2 Å². The van der Waals surface area contributed by atoms with Gasteiger partial charge in [-0.3, -0.25) is 4.98 Å². The van der Waals surface area contributed by atoms with E-state index in [2.05, 4.69) is 19.9 Å². The normalized spacial score (nSPS) is 14.8. The van der Waals surface area contributed by atoms with E-state index in [9.17, 15) is 9.18 Å². The van der Waals surface area contributed by atoms with Gasteiger partial charge in [0.2, 0.25) is 0 Å². The highest BCUT2D eigenvalue weighted by molar-refractivity contribution is 5.89. The largest absolute Gasteiger partial charge is 0.329 e. The number of amides is 2. The van der Waals surface area contributed by atoms with Crippen molar-refractivity contribution in [1.82, 2.24) is 19.4 Å². The number of imidazole rings is 1. The van der Waals surface area contributed by atoms with Crippen LogP contribution in [-0.2, 0) is 6.54 Å². The van der Waals surface area contributed by atoms with Crippen LogP contribution in [0, 0.1) is 5.82 Å². The molecule has 0 atom stereocenters. The lowest BCUT2D eigenvalue weighted by Gasteiger charge is -2.32. The fourth-order valence-electron chi connectivity index (χ4n) is 3.58. The van der Waals surface area contributed by atoms with E-state index >= 15 is 0 Å². The summed E-state index contributed by atoms with van der Waals surface area (Å²) in [5.74, 6) is 0.887. The number of benzene rings is 1. The topological polar surface area (TPSA) is 63.1 Å². The number of rotatable bonds is 4. The lowest BCUT2D eigenvalue weighted by atomic mass is 9.96. The molecular formula is C21H22FN5O. The minimum Gasteiger partial charge on any atom is -0.329 e. The Kier molecular flexibility index (Phi) is 5.32. The average Bonchev–Trinajstić information content (AvgIpc) is 3.18. The highest BCUT2D eigenvalue weighted by Gasteiger charge is 2.26. The average molecular weight is 379 g/mol. The van der Waals surface area contributed by atoms with E-state index in [-0.39, 0.29) is 17.6 Å².